The number of nitrogens with zero attached hydrogens (tertiary/aromatic N) is 2. The summed E-state index contributed by atoms with van der Waals surface area (Å²) in [5.74, 6) is 1.37. The van der Waals surface area contributed by atoms with Gasteiger partial charge in [-0.15, -0.1) is 0 Å². The molecular formula is C17H17N3O. The lowest BCUT2D eigenvalue weighted by Gasteiger charge is -1.99. The summed E-state index contributed by atoms with van der Waals surface area (Å²) in [6.07, 6.45) is 3.38. The van der Waals surface area contributed by atoms with Crippen LogP contribution in [0.4, 0.5) is 0 Å². The number of rotatable bonds is 5. The molecule has 4 nitrogen and oxygen atoms in total. The summed E-state index contributed by atoms with van der Waals surface area (Å²) in [5.41, 5.74) is 0.999. The second-order valence-electron chi connectivity index (χ2n) is 5.55. The van der Waals surface area contributed by atoms with Crippen molar-refractivity contribution in [3.63, 3.8) is 0 Å². The lowest BCUT2D eigenvalue weighted by atomic mass is 10.1. The zero-order valence-corrected chi connectivity index (χ0v) is 11.7. The van der Waals surface area contributed by atoms with Crippen LogP contribution in [-0.4, -0.2) is 22.7 Å². The van der Waals surface area contributed by atoms with Gasteiger partial charge in [0.25, 0.3) is 0 Å². The van der Waals surface area contributed by atoms with Crippen LogP contribution in [0.1, 0.15) is 18.7 Å². The first-order valence-electron chi connectivity index (χ1n) is 7.44. The highest BCUT2D eigenvalue weighted by atomic mass is 16.5. The van der Waals surface area contributed by atoms with E-state index in [1.54, 1.807) is 0 Å². The highest BCUT2D eigenvalue weighted by Crippen LogP contribution is 2.22. The predicted molar refractivity (Wildman–Crippen MR) is 82.0 cm³/mol. The molecule has 1 heterocycles. The zero-order valence-electron chi connectivity index (χ0n) is 11.7. The Hall–Kier alpha value is -2.20. The number of hydrogen-bond acceptors (Lipinski definition) is 4. The third-order valence-corrected chi connectivity index (χ3v) is 3.82. The Labute approximate surface area is 123 Å². The van der Waals surface area contributed by atoms with E-state index >= 15 is 0 Å². The summed E-state index contributed by atoms with van der Waals surface area (Å²) in [6, 6.07) is 15.2. The topological polar surface area (TPSA) is 51.0 Å². The standard InChI is InChI=1S/C17H17N3O/c1-2-4-13-11-14(6-5-12(13)3-1)17-19-16(21-20-17)9-10-18-15-7-8-15/h1-6,11,15,18H,7-10H2. The Morgan fingerprint density at radius 1 is 1.10 bits per heavy atom. The molecule has 106 valence electrons. The third-order valence-electron chi connectivity index (χ3n) is 3.82. The molecule has 0 saturated heterocycles. The van der Waals surface area contributed by atoms with Gasteiger partial charge >= 0.3 is 0 Å². The first-order chi connectivity index (χ1) is 10.4. The molecule has 21 heavy (non-hydrogen) atoms. The SMILES string of the molecule is c1ccc2cc(-c3noc(CCNC4CC4)n3)ccc2c1. The Morgan fingerprint density at radius 2 is 1.95 bits per heavy atom. The Morgan fingerprint density at radius 3 is 2.81 bits per heavy atom. The van der Waals surface area contributed by atoms with Crippen molar-refractivity contribution in [1.29, 1.82) is 0 Å². The average Bonchev–Trinajstić information content (AvgIpc) is 3.23. The summed E-state index contributed by atoms with van der Waals surface area (Å²) in [4.78, 5) is 4.49. The van der Waals surface area contributed by atoms with E-state index in [1.807, 2.05) is 18.2 Å². The van der Waals surface area contributed by atoms with Gasteiger partial charge in [-0.1, -0.05) is 41.6 Å². The Kier molecular flexibility index (Phi) is 3.16. The fourth-order valence-electron chi connectivity index (χ4n) is 2.47. The van der Waals surface area contributed by atoms with Crippen molar-refractivity contribution in [3.8, 4) is 11.4 Å². The largest absolute Gasteiger partial charge is 0.339 e. The molecule has 4 rings (SSSR count). The van der Waals surface area contributed by atoms with Crippen LogP contribution in [0.25, 0.3) is 22.2 Å². The quantitative estimate of drug-likeness (QED) is 0.779. The summed E-state index contributed by atoms with van der Waals surface area (Å²) in [7, 11) is 0. The van der Waals surface area contributed by atoms with Crippen LogP contribution >= 0.6 is 0 Å². The smallest absolute Gasteiger partial charge is 0.228 e. The van der Waals surface area contributed by atoms with Gasteiger partial charge in [-0.3, -0.25) is 0 Å². The lowest BCUT2D eigenvalue weighted by molar-refractivity contribution is 0.376. The predicted octanol–water partition coefficient (Wildman–Crippen LogP) is 3.18. The highest BCUT2D eigenvalue weighted by Gasteiger charge is 2.20. The third kappa shape index (κ3) is 2.81. The molecule has 1 saturated carbocycles. The van der Waals surface area contributed by atoms with Crippen LogP contribution < -0.4 is 5.32 Å². The van der Waals surface area contributed by atoms with Crippen molar-refractivity contribution in [2.24, 2.45) is 0 Å². The molecular weight excluding hydrogens is 262 g/mol. The van der Waals surface area contributed by atoms with E-state index < -0.39 is 0 Å². The summed E-state index contributed by atoms with van der Waals surface area (Å²) in [5, 5.41) is 9.96. The van der Waals surface area contributed by atoms with Gasteiger partial charge in [0.15, 0.2) is 0 Å². The minimum atomic E-state index is 0.669. The number of aromatic nitrogens is 2. The van der Waals surface area contributed by atoms with E-state index in [2.05, 4.69) is 39.7 Å². The zero-order chi connectivity index (χ0) is 14.1. The van der Waals surface area contributed by atoms with E-state index in [9.17, 15) is 0 Å². The van der Waals surface area contributed by atoms with E-state index in [1.165, 1.54) is 23.6 Å². The van der Waals surface area contributed by atoms with Crippen LogP contribution in [0.5, 0.6) is 0 Å². The number of benzene rings is 2. The molecule has 0 aliphatic heterocycles. The first-order valence-corrected chi connectivity index (χ1v) is 7.44. The fraction of sp³-hybridized carbons (Fsp3) is 0.294. The van der Waals surface area contributed by atoms with Crippen LogP contribution in [0.3, 0.4) is 0 Å². The molecule has 1 aliphatic carbocycles. The van der Waals surface area contributed by atoms with Gasteiger partial charge in [0, 0.05) is 24.6 Å². The average molecular weight is 279 g/mol. The summed E-state index contributed by atoms with van der Waals surface area (Å²) >= 11 is 0. The highest BCUT2D eigenvalue weighted by molar-refractivity contribution is 5.86. The van der Waals surface area contributed by atoms with Gasteiger partial charge in [-0.2, -0.15) is 4.98 Å². The van der Waals surface area contributed by atoms with Gasteiger partial charge in [-0.05, 0) is 29.7 Å². The molecule has 4 heteroatoms. The monoisotopic (exact) mass is 279 g/mol. The molecule has 2 aromatic carbocycles. The fourth-order valence-corrected chi connectivity index (χ4v) is 2.47. The molecule has 0 unspecified atom stereocenters. The summed E-state index contributed by atoms with van der Waals surface area (Å²) < 4.78 is 5.33. The van der Waals surface area contributed by atoms with Gasteiger partial charge in [0.1, 0.15) is 0 Å². The van der Waals surface area contributed by atoms with Crippen molar-refractivity contribution in [2.45, 2.75) is 25.3 Å². The molecule has 1 fully saturated rings. The summed E-state index contributed by atoms with van der Waals surface area (Å²) in [6.45, 7) is 0.907. The van der Waals surface area contributed by atoms with Crippen LogP contribution in [0.15, 0.2) is 47.0 Å². The number of fused-ring (bicyclic) bond motifs is 1. The minimum absolute atomic E-state index is 0.669. The molecule has 0 amide bonds. The minimum Gasteiger partial charge on any atom is -0.339 e. The van der Waals surface area contributed by atoms with E-state index in [4.69, 9.17) is 4.52 Å². The van der Waals surface area contributed by atoms with Crippen LogP contribution in [0, 0.1) is 0 Å². The maximum Gasteiger partial charge on any atom is 0.228 e. The van der Waals surface area contributed by atoms with Gasteiger partial charge < -0.3 is 9.84 Å². The maximum atomic E-state index is 5.33. The van der Waals surface area contributed by atoms with Gasteiger partial charge in [-0.25, -0.2) is 0 Å². The van der Waals surface area contributed by atoms with Crippen molar-refractivity contribution in [1.82, 2.24) is 15.5 Å². The molecule has 1 aromatic heterocycles. The van der Waals surface area contributed by atoms with E-state index in [0.717, 1.165) is 18.5 Å². The van der Waals surface area contributed by atoms with Crippen molar-refractivity contribution < 1.29 is 4.52 Å². The normalized spacial score (nSPS) is 14.7. The first kappa shape index (κ1) is 12.5. The van der Waals surface area contributed by atoms with Gasteiger partial charge in [0.2, 0.25) is 11.7 Å². The second-order valence-corrected chi connectivity index (χ2v) is 5.55. The molecule has 0 atom stereocenters. The molecule has 1 N–H and O–H groups in total. The van der Waals surface area contributed by atoms with Crippen molar-refractivity contribution in [3.05, 3.63) is 48.4 Å². The lowest BCUT2D eigenvalue weighted by Crippen LogP contribution is -2.19. The molecule has 0 bridgehead atoms. The molecule has 3 aromatic rings. The van der Waals surface area contributed by atoms with Crippen molar-refractivity contribution >= 4 is 10.8 Å². The second kappa shape index (κ2) is 5.30. The number of nitrogens with one attached hydrogen (secondary N) is 1. The van der Waals surface area contributed by atoms with E-state index in [0.29, 0.717) is 17.8 Å². The molecule has 0 radical (unpaired) electrons. The van der Waals surface area contributed by atoms with E-state index in [-0.39, 0.29) is 0 Å². The van der Waals surface area contributed by atoms with Crippen LogP contribution in [0.2, 0.25) is 0 Å². The molecule has 0 spiro atoms. The van der Waals surface area contributed by atoms with Gasteiger partial charge in [0.05, 0.1) is 0 Å². The van der Waals surface area contributed by atoms with Crippen molar-refractivity contribution in [2.75, 3.05) is 6.54 Å². The maximum absolute atomic E-state index is 5.33. The molecule has 1 aliphatic rings. The number of hydrogen-bond donors (Lipinski definition) is 1. The van der Waals surface area contributed by atoms with Crippen LogP contribution in [-0.2, 0) is 6.42 Å². The Bertz CT molecular complexity index is 761. The Balaban J connectivity index is 1.52.